The Morgan fingerprint density at radius 3 is 2.62 bits per heavy atom. The fraction of sp³-hybridized carbons (Fsp3) is 0.318. The molecule has 0 radical (unpaired) electrons. The summed E-state index contributed by atoms with van der Waals surface area (Å²) in [6, 6.07) is 14.1. The molecule has 3 fully saturated rings. The highest BCUT2D eigenvalue weighted by molar-refractivity contribution is 6.31. The molecule has 1 N–H and O–H groups in total. The molecule has 0 bridgehead atoms. The zero-order valence-electron chi connectivity index (χ0n) is 15.5. The molecular weight excluding hydrogens is 390 g/mol. The second kappa shape index (κ2) is 5.68. The van der Waals surface area contributed by atoms with E-state index in [1.165, 1.54) is 4.90 Å². The SMILES string of the molecule is O=C1[C@H]2[C@@H](C(=O)N1c1ccccc1)[C@@]1(C(=O)Nc3ccc(Cl)cc31)N1CCC[C@@H]21. The van der Waals surface area contributed by atoms with Gasteiger partial charge in [0.25, 0.3) is 0 Å². The van der Waals surface area contributed by atoms with Crippen LogP contribution in [0.3, 0.4) is 0 Å². The molecule has 0 saturated carbocycles. The molecule has 6 nitrogen and oxygen atoms in total. The number of nitrogens with zero attached hydrogens (tertiary/aromatic N) is 2. The number of anilines is 2. The fourth-order valence-electron chi connectivity index (χ4n) is 6.01. The van der Waals surface area contributed by atoms with E-state index in [1.54, 1.807) is 42.5 Å². The van der Waals surface area contributed by atoms with Crippen LogP contribution in [0.15, 0.2) is 48.5 Å². The summed E-state index contributed by atoms with van der Waals surface area (Å²) in [5.74, 6) is -2.02. The molecule has 4 heterocycles. The number of para-hydroxylation sites is 1. The highest BCUT2D eigenvalue weighted by Crippen LogP contribution is 2.60. The number of benzene rings is 2. The third-order valence-electron chi connectivity index (χ3n) is 6.97. The first-order valence-electron chi connectivity index (χ1n) is 9.86. The summed E-state index contributed by atoms with van der Waals surface area (Å²) in [7, 11) is 0. The van der Waals surface area contributed by atoms with Crippen LogP contribution in [-0.2, 0) is 19.9 Å². The van der Waals surface area contributed by atoms with Gasteiger partial charge in [-0.3, -0.25) is 19.3 Å². The first-order valence-corrected chi connectivity index (χ1v) is 10.2. The third kappa shape index (κ3) is 1.93. The van der Waals surface area contributed by atoms with Crippen molar-refractivity contribution in [2.75, 3.05) is 16.8 Å². The Hall–Kier alpha value is -2.70. The summed E-state index contributed by atoms with van der Waals surface area (Å²) in [6.45, 7) is 0.683. The van der Waals surface area contributed by atoms with Crippen molar-refractivity contribution in [3.05, 3.63) is 59.1 Å². The maximum atomic E-state index is 13.7. The quantitative estimate of drug-likeness (QED) is 0.738. The minimum atomic E-state index is -1.18. The zero-order chi connectivity index (χ0) is 19.9. The van der Waals surface area contributed by atoms with Gasteiger partial charge in [-0.1, -0.05) is 29.8 Å². The number of hydrogen-bond donors (Lipinski definition) is 1. The molecule has 0 aromatic heterocycles. The summed E-state index contributed by atoms with van der Waals surface area (Å²) in [4.78, 5) is 44.0. The van der Waals surface area contributed by atoms with Crippen LogP contribution >= 0.6 is 11.6 Å². The first-order chi connectivity index (χ1) is 14.0. The van der Waals surface area contributed by atoms with Gasteiger partial charge in [0.2, 0.25) is 17.7 Å². The number of carbonyl (C=O) groups excluding carboxylic acids is 3. The van der Waals surface area contributed by atoms with Crippen molar-refractivity contribution in [1.29, 1.82) is 0 Å². The van der Waals surface area contributed by atoms with Crippen LogP contribution in [0.4, 0.5) is 11.4 Å². The number of amides is 3. The van der Waals surface area contributed by atoms with Gasteiger partial charge in [0.1, 0.15) is 5.54 Å². The number of rotatable bonds is 1. The minimum Gasteiger partial charge on any atom is -0.324 e. The van der Waals surface area contributed by atoms with Crippen LogP contribution in [-0.4, -0.2) is 35.2 Å². The zero-order valence-corrected chi connectivity index (χ0v) is 16.2. The molecule has 2 aromatic carbocycles. The van der Waals surface area contributed by atoms with E-state index in [2.05, 4.69) is 10.2 Å². The molecule has 3 amide bonds. The fourth-order valence-corrected chi connectivity index (χ4v) is 6.18. The van der Waals surface area contributed by atoms with Crippen molar-refractivity contribution >= 4 is 40.7 Å². The lowest BCUT2D eigenvalue weighted by atomic mass is 9.75. The van der Waals surface area contributed by atoms with Gasteiger partial charge in [-0.2, -0.15) is 0 Å². The van der Waals surface area contributed by atoms with Crippen molar-refractivity contribution in [3.63, 3.8) is 0 Å². The van der Waals surface area contributed by atoms with Crippen molar-refractivity contribution in [3.8, 4) is 0 Å². The van der Waals surface area contributed by atoms with Gasteiger partial charge in [-0.25, -0.2) is 4.90 Å². The predicted molar refractivity (Wildman–Crippen MR) is 107 cm³/mol. The molecule has 4 aliphatic rings. The van der Waals surface area contributed by atoms with Gasteiger partial charge in [0, 0.05) is 22.3 Å². The lowest BCUT2D eigenvalue weighted by molar-refractivity contribution is -0.135. The molecule has 7 heteroatoms. The van der Waals surface area contributed by atoms with E-state index in [4.69, 9.17) is 11.6 Å². The van der Waals surface area contributed by atoms with Gasteiger partial charge in [0.05, 0.1) is 17.5 Å². The largest absolute Gasteiger partial charge is 0.324 e. The van der Waals surface area contributed by atoms with E-state index < -0.39 is 17.4 Å². The van der Waals surface area contributed by atoms with Crippen LogP contribution in [0, 0.1) is 11.8 Å². The Morgan fingerprint density at radius 1 is 1.03 bits per heavy atom. The van der Waals surface area contributed by atoms with Crippen LogP contribution in [0.1, 0.15) is 18.4 Å². The lowest BCUT2D eigenvalue weighted by Crippen LogP contribution is -2.54. The monoisotopic (exact) mass is 407 g/mol. The van der Waals surface area contributed by atoms with Crippen molar-refractivity contribution < 1.29 is 14.4 Å². The normalized spacial score (nSPS) is 32.7. The number of imide groups is 1. The van der Waals surface area contributed by atoms with E-state index in [0.29, 0.717) is 28.5 Å². The van der Waals surface area contributed by atoms with E-state index in [-0.39, 0.29) is 23.8 Å². The van der Waals surface area contributed by atoms with E-state index in [0.717, 1.165) is 12.8 Å². The highest BCUT2D eigenvalue weighted by Gasteiger charge is 2.74. The molecule has 4 aliphatic heterocycles. The van der Waals surface area contributed by atoms with Crippen LogP contribution in [0.25, 0.3) is 0 Å². The molecular formula is C22H18ClN3O3. The van der Waals surface area contributed by atoms with Crippen molar-refractivity contribution in [2.24, 2.45) is 11.8 Å². The summed E-state index contributed by atoms with van der Waals surface area (Å²) in [5.41, 5.74) is 0.762. The second-order valence-corrected chi connectivity index (χ2v) is 8.60. The molecule has 2 aromatic rings. The standard InChI is InChI=1S/C22H18ClN3O3/c23-12-8-9-15-14(11-12)22(21(29)24-15)18-17(16-7-4-10-25(16)22)19(27)26(20(18)28)13-5-2-1-3-6-13/h1-3,5-6,8-9,11,16-18H,4,7,10H2,(H,24,29)/t16-,17+,18-,22-/m0/s1. The number of nitrogens with one attached hydrogen (secondary N) is 1. The average Bonchev–Trinajstić information content (AvgIpc) is 3.41. The summed E-state index contributed by atoms with van der Waals surface area (Å²) in [6.07, 6.45) is 1.69. The summed E-state index contributed by atoms with van der Waals surface area (Å²) in [5, 5.41) is 3.46. The van der Waals surface area contributed by atoms with Gasteiger partial charge < -0.3 is 5.32 Å². The Balaban J connectivity index is 1.58. The van der Waals surface area contributed by atoms with Gasteiger partial charge in [-0.05, 0) is 49.7 Å². The van der Waals surface area contributed by atoms with Crippen LogP contribution < -0.4 is 10.2 Å². The molecule has 4 atom stereocenters. The number of hydrogen-bond acceptors (Lipinski definition) is 4. The lowest BCUT2D eigenvalue weighted by Gasteiger charge is -2.36. The number of halogens is 1. The van der Waals surface area contributed by atoms with Crippen molar-refractivity contribution in [1.82, 2.24) is 4.90 Å². The maximum Gasteiger partial charge on any atom is 0.250 e. The topological polar surface area (TPSA) is 69.7 Å². The van der Waals surface area contributed by atoms with Gasteiger partial charge in [-0.15, -0.1) is 0 Å². The van der Waals surface area contributed by atoms with Gasteiger partial charge in [0.15, 0.2) is 0 Å². The Kier molecular flexibility index (Phi) is 3.36. The summed E-state index contributed by atoms with van der Waals surface area (Å²) >= 11 is 6.29. The minimum absolute atomic E-state index is 0.124. The van der Waals surface area contributed by atoms with Crippen molar-refractivity contribution in [2.45, 2.75) is 24.4 Å². The third-order valence-corrected chi connectivity index (χ3v) is 7.20. The molecule has 29 heavy (non-hydrogen) atoms. The van der Waals surface area contributed by atoms with E-state index in [9.17, 15) is 14.4 Å². The number of carbonyl (C=O) groups is 3. The molecule has 0 unspecified atom stereocenters. The smallest absolute Gasteiger partial charge is 0.250 e. The number of fused-ring (bicyclic) bond motifs is 7. The maximum absolute atomic E-state index is 13.7. The predicted octanol–water partition coefficient (Wildman–Crippen LogP) is 2.77. The van der Waals surface area contributed by atoms with Crippen LogP contribution in [0.2, 0.25) is 5.02 Å². The Labute approximate surface area is 172 Å². The molecule has 1 spiro atoms. The van der Waals surface area contributed by atoms with Crippen LogP contribution in [0.5, 0.6) is 0 Å². The van der Waals surface area contributed by atoms with Gasteiger partial charge >= 0.3 is 0 Å². The summed E-state index contributed by atoms with van der Waals surface area (Å²) < 4.78 is 0. The molecule has 6 rings (SSSR count). The van der Waals surface area contributed by atoms with E-state index >= 15 is 0 Å². The molecule has 3 saturated heterocycles. The Morgan fingerprint density at radius 2 is 1.83 bits per heavy atom. The average molecular weight is 408 g/mol. The highest BCUT2D eigenvalue weighted by atomic mass is 35.5. The second-order valence-electron chi connectivity index (χ2n) is 8.16. The Bertz CT molecular complexity index is 1090. The molecule has 0 aliphatic carbocycles. The van der Waals surface area contributed by atoms with E-state index in [1.807, 2.05) is 6.07 Å². The molecule has 146 valence electrons. The first kappa shape index (κ1) is 17.2.